The van der Waals surface area contributed by atoms with Crippen LogP contribution in [0.1, 0.15) is 16.7 Å². The van der Waals surface area contributed by atoms with Crippen molar-refractivity contribution in [2.75, 3.05) is 7.11 Å². The van der Waals surface area contributed by atoms with Crippen molar-refractivity contribution in [3.8, 4) is 17.2 Å². The zero-order valence-electron chi connectivity index (χ0n) is 11.6. The number of methoxy groups -OCH3 is 1. The van der Waals surface area contributed by atoms with Crippen LogP contribution in [-0.4, -0.2) is 7.11 Å². The van der Waals surface area contributed by atoms with E-state index in [0.29, 0.717) is 6.54 Å². The molecule has 2 aromatic rings. The number of ether oxygens (including phenoxy) is 2. The van der Waals surface area contributed by atoms with Crippen molar-refractivity contribution in [1.29, 1.82) is 0 Å². The molecule has 0 aliphatic heterocycles. The third-order valence-corrected chi connectivity index (χ3v) is 3.27. The Bertz CT molecular complexity index is 579. The Labute approximate surface area is 114 Å². The molecular weight excluding hydrogens is 238 g/mol. The lowest BCUT2D eigenvalue weighted by Gasteiger charge is -2.14. The Hall–Kier alpha value is -2.00. The summed E-state index contributed by atoms with van der Waals surface area (Å²) in [5.74, 6) is 2.36. The fourth-order valence-corrected chi connectivity index (χ4v) is 1.88. The van der Waals surface area contributed by atoms with E-state index in [1.54, 1.807) is 7.11 Å². The fourth-order valence-electron chi connectivity index (χ4n) is 1.88. The van der Waals surface area contributed by atoms with Crippen LogP contribution in [0, 0.1) is 13.8 Å². The first-order chi connectivity index (χ1) is 9.15. The molecule has 2 N–H and O–H groups in total. The molecule has 0 heterocycles. The zero-order valence-corrected chi connectivity index (χ0v) is 11.6. The highest BCUT2D eigenvalue weighted by Gasteiger charge is 2.08. The number of rotatable bonds is 4. The maximum Gasteiger partial charge on any atom is 0.135 e. The molecular formula is C16H19NO2. The number of nitrogens with two attached hydrogens (primary N) is 1. The predicted molar refractivity (Wildman–Crippen MR) is 76.9 cm³/mol. The molecule has 0 bridgehead atoms. The van der Waals surface area contributed by atoms with E-state index in [4.69, 9.17) is 15.2 Å². The molecule has 0 unspecified atom stereocenters. The normalized spacial score (nSPS) is 10.3. The minimum atomic E-state index is 0.435. The lowest BCUT2D eigenvalue weighted by atomic mass is 10.1. The highest BCUT2D eigenvalue weighted by atomic mass is 16.5. The van der Waals surface area contributed by atoms with Gasteiger partial charge in [-0.3, -0.25) is 0 Å². The summed E-state index contributed by atoms with van der Waals surface area (Å²) in [7, 11) is 1.64. The number of benzene rings is 2. The molecule has 0 atom stereocenters. The third-order valence-electron chi connectivity index (χ3n) is 3.27. The Kier molecular flexibility index (Phi) is 4.07. The Morgan fingerprint density at radius 3 is 2.53 bits per heavy atom. The SMILES string of the molecule is COc1ccc(CN)c(Oc2cccc(C)c2C)c1. The molecule has 0 aliphatic rings. The van der Waals surface area contributed by atoms with Gasteiger partial charge in [-0.15, -0.1) is 0 Å². The minimum Gasteiger partial charge on any atom is -0.497 e. The molecule has 0 radical (unpaired) electrons. The average Bonchev–Trinajstić information content (AvgIpc) is 2.43. The van der Waals surface area contributed by atoms with Gasteiger partial charge >= 0.3 is 0 Å². The maximum atomic E-state index is 5.99. The molecule has 0 aromatic heterocycles. The maximum absolute atomic E-state index is 5.99. The topological polar surface area (TPSA) is 44.5 Å². The average molecular weight is 257 g/mol. The molecule has 0 aliphatic carbocycles. The van der Waals surface area contributed by atoms with Crippen LogP contribution in [0.5, 0.6) is 17.2 Å². The van der Waals surface area contributed by atoms with Gasteiger partial charge < -0.3 is 15.2 Å². The number of hydrogen-bond acceptors (Lipinski definition) is 3. The van der Waals surface area contributed by atoms with Crippen molar-refractivity contribution in [3.63, 3.8) is 0 Å². The van der Waals surface area contributed by atoms with Gasteiger partial charge in [-0.25, -0.2) is 0 Å². The van der Waals surface area contributed by atoms with E-state index in [2.05, 4.69) is 13.0 Å². The summed E-state index contributed by atoms with van der Waals surface area (Å²) in [6.07, 6.45) is 0. The lowest BCUT2D eigenvalue weighted by Crippen LogP contribution is -2.00. The summed E-state index contributed by atoms with van der Waals surface area (Å²) in [5, 5.41) is 0. The van der Waals surface area contributed by atoms with Crippen LogP contribution in [-0.2, 0) is 6.54 Å². The Balaban J connectivity index is 2.39. The summed E-state index contributed by atoms with van der Waals surface area (Å²) in [5.41, 5.74) is 9.04. The van der Waals surface area contributed by atoms with E-state index in [-0.39, 0.29) is 0 Å². The number of aryl methyl sites for hydroxylation is 1. The van der Waals surface area contributed by atoms with E-state index in [9.17, 15) is 0 Å². The van der Waals surface area contributed by atoms with Gasteiger partial charge in [-0.2, -0.15) is 0 Å². The summed E-state index contributed by atoms with van der Waals surface area (Å²) >= 11 is 0. The van der Waals surface area contributed by atoms with Crippen LogP contribution in [0.15, 0.2) is 36.4 Å². The second-order valence-corrected chi connectivity index (χ2v) is 4.48. The molecule has 2 rings (SSSR count). The third kappa shape index (κ3) is 2.88. The smallest absolute Gasteiger partial charge is 0.135 e. The van der Waals surface area contributed by atoms with Crippen LogP contribution >= 0.6 is 0 Å². The highest BCUT2D eigenvalue weighted by Crippen LogP contribution is 2.31. The first kappa shape index (κ1) is 13.4. The van der Waals surface area contributed by atoms with E-state index in [1.165, 1.54) is 5.56 Å². The van der Waals surface area contributed by atoms with Gasteiger partial charge in [0, 0.05) is 18.2 Å². The molecule has 100 valence electrons. The largest absolute Gasteiger partial charge is 0.497 e. The van der Waals surface area contributed by atoms with Gasteiger partial charge in [0.05, 0.1) is 7.11 Å². The second-order valence-electron chi connectivity index (χ2n) is 4.48. The predicted octanol–water partition coefficient (Wildman–Crippen LogP) is 3.56. The standard InChI is InChI=1S/C16H19NO2/c1-11-5-4-6-15(12(11)2)19-16-9-14(18-3)8-7-13(16)10-17/h4-9H,10,17H2,1-3H3. The minimum absolute atomic E-state index is 0.435. The van der Waals surface area contributed by atoms with Crippen molar-refractivity contribution < 1.29 is 9.47 Å². The molecule has 19 heavy (non-hydrogen) atoms. The van der Waals surface area contributed by atoms with Gasteiger partial charge in [-0.1, -0.05) is 18.2 Å². The summed E-state index contributed by atoms with van der Waals surface area (Å²) in [4.78, 5) is 0. The van der Waals surface area contributed by atoms with Crippen molar-refractivity contribution in [2.45, 2.75) is 20.4 Å². The van der Waals surface area contributed by atoms with Crippen molar-refractivity contribution in [3.05, 3.63) is 53.1 Å². The van der Waals surface area contributed by atoms with Gasteiger partial charge in [-0.05, 0) is 37.1 Å². The molecule has 2 aromatic carbocycles. The van der Waals surface area contributed by atoms with E-state index >= 15 is 0 Å². The van der Waals surface area contributed by atoms with Crippen LogP contribution in [0.25, 0.3) is 0 Å². The summed E-state index contributed by atoms with van der Waals surface area (Å²) in [6.45, 7) is 4.55. The molecule has 0 amide bonds. The van der Waals surface area contributed by atoms with Crippen LogP contribution in [0.3, 0.4) is 0 Å². The van der Waals surface area contributed by atoms with Crippen molar-refractivity contribution >= 4 is 0 Å². The molecule has 0 fully saturated rings. The first-order valence-electron chi connectivity index (χ1n) is 6.26. The number of hydrogen-bond donors (Lipinski definition) is 1. The molecule has 3 nitrogen and oxygen atoms in total. The molecule has 0 saturated heterocycles. The van der Waals surface area contributed by atoms with E-state index in [1.807, 2.05) is 37.3 Å². The zero-order chi connectivity index (χ0) is 13.8. The van der Waals surface area contributed by atoms with E-state index in [0.717, 1.165) is 28.4 Å². The quantitative estimate of drug-likeness (QED) is 0.910. The first-order valence-corrected chi connectivity index (χ1v) is 6.26. The van der Waals surface area contributed by atoms with E-state index < -0.39 is 0 Å². The van der Waals surface area contributed by atoms with Gasteiger partial charge in [0.2, 0.25) is 0 Å². The second kappa shape index (κ2) is 5.76. The summed E-state index contributed by atoms with van der Waals surface area (Å²) in [6, 6.07) is 11.7. The highest BCUT2D eigenvalue weighted by molar-refractivity contribution is 5.46. The fraction of sp³-hybridized carbons (Fsp3) is 0.250. The van der Waals surface area contributed by atoms with Crippen LogP contribution < -0.4 is 15.2 Å². The van der Waals surface area contributed by atoms with Crippen LogP contribution in [0.4, 0.5) is 0 Å². The van der Waals surface area contributed by atoms with Gasteiger partial charge in [0.15, 0.2) is 0 Å². The molecule has 3 heteroatoms. The lowest BCUT2D eigenvalue weighted by molar-refractivity contribution is 0.407. The van der Waals surface area contributed by atoms with Crippen molar-refractivity contribution in [2.24, 2.45) is 5.73 Å². The van der Waals surface area contributed by atoms with Gasteiger partial charge in [0.25, 0.3) is 0 Å². The molecule has 0 spiro atoms. The van der Waals surface area contributed by atoms with Crippen molar-refractivity contribution in [1.82, 2.24) is 0 Å². The monoisotopic (exact) mass is 257 g/mol. The van der Waals surface area contributed by atoms with Gasteiger partial charge in [0.1, 0.15) is 17.2 Å². The molecule has 0 saturated carbocycles. The summed E-state index contributed by atoms with van der Waals surface area (Å²) < 4.78 is 11.2. The Morgan fingerprint density at radius 2 is 1.84 bits per heavy atom. The Morgan fingerprint density at radius 1 is 1.05 bits per heavy atom. The van der Waals surface area contributed by atoms with Crippen LogP contribution in [0.2, 0.25) is 0 Å².